The van der Waals surface area contributed by atoms with Crippen molar-refractivity contribution in [1.29, 1.82) is 0 Å². The molecular weight excluding hydrogens is 579 g/mol. The molecule has 4 rings (SSSR count). The molecule has 0 amide bonds. The fourth-order valence-electron chi connectivity index (χ4n) is 3.40. The number of rotatable bonds is 6. The van der Waals surface area contributed by atoms with Crippen LogP contribution in [-0.2, 0) is 11.0 Å². The van der Waals surface area contributed by atoms with Gasteiger partial charge in [-0.05, 0) is 59.3 Å². The lowest BCUT2D eigenvalue weighted by Crippen LogP contribution is -2.24. The normalized spacial score (nSPS) is 12.7. The standard InChI is InChI=1S/C25H16BrClF3N3O4/c1-13(24(35)36)37-21-15(10-17(27)11-19(21)26)12-31-33-22(14-5-4-6-16(9-14)25(28,29)30)32-20-8-3-2-7-18(20)23(33)34/h2-13H,1H3,(H,35,36)/t13-/m1/s1. The van der Waals surface area contributed by atoms with E-state index in [-0.39, 0.29) is 38.6 Å². The molecule has 1 heterocycles. The van der Waals surface area contributed by atoms with Gasteiger partial charge in [0.1, 0.15) is 5.75 Å². The van der Waals surface area contributed by atoms with E-state index in [1.807, 2.05) is 0 Å². The molecule has 0 radical (unpaired) electrons. The van der Waals surface area contributed by atoms with Crippen LogP contribution in [0.5, 0.6) is 5.75 Å². The molecule has 4 aromatic rings. The first-order chi connectivity index (χ1) is 17.5. The molecule has 7 nitrogen and oxygen atoms in total. The van der Waals surface area contributed by atoms with Crippen LogP contribution >= 0.6 is 27.5 Å². The Kier molecular flexibility index (Phi) is 7.37. The zero-order valence-corrected chi connectivity index (χ0v) is 21.2. The van der Waals surface area contributed by atoms with E-state index in [1.54, 1.807) is 18.2 Å². The second-order valence-corrected chi connectivity index (χ2v) is 9.09. The maximum Gasteiger partial charge on any atom is 0.416 e. The first-order valence-electron chi connectivity index (χ1n) is 10.6. The van der Waals surface area contributed by atoms with Crippen LogP contribution in [0.4, 0.5) is 13.2 Å². The summed E-state index contributed by atoms with van der Waals surface area (Å²) < 4.78 is 46.9. The van der Waals surface area contributed by atoms with Gasteiger partial charge in [0.2, 0.25) is 0 Å². The Labute approximate surface area is 220 Å². The molecule has 0 aliphatic rings. The second kappa shape index (κ2) is 10.3. The number of aromatic nitrogens is 2. The molecule has 12 heteroatoms. The molecule has 0 unspecified atom stereocenters. The Morgan fingerprint density at radius 2 is 1.92 bits per heavy atom. The highest BCUT2D eigenvalue weighted by Gasteiger charge is 2.31. The van der Waals surface area contributed by atoms with E-state index in [9.17, 15) is 27.9 Å². The summed E-state index contributed by atoms with van der Waals surface area (Å²) in [5.74, 6) is -1.26. The third kappa shape index (κ3) is 5.67. The van der Waals surface area contributed by atoms with E-state index in [0.29, 0.717) is 4.47 Å². The Bertz CT molecular complexity index is 1600. The Balaban J connectivity index is 1.93. The quantitative estimate of drug-likeness (QED) is 0.267. The molecule has 1 aromatic heterocycles. The Morgan fingerprint density at radius 3 is 2.62 bits per heavy atom. The van der Waals surface area contributed by atoms with Crippen molar-refractivity contribution in [1.82, 2.24) is 9.66 Å². The molecule has 1 N–H and O–H groups in total. The van der Waals surface area contributed by atoms with Gasteiger partial charge >= 0.3 is 12.1 Å². The summed E-state index contributed by atoms with van der Waals surface area (Å²) in [6.45, 7) is 1.33. The number of hydrogen-bond donors (Lipinski definition) is 1. The number of ether oxygens (including phenoxy) is 1. The number of alkyl halides is 3. The predicted molar refractivity (Wildman–Crippen MR) is 136 cm³/mol. The van der Waals surface area contributed by atoms with Crippen molar-refractivity contribution in [2.45, 2.75) is 19.2 Å². The van der Waals surface area contributed by atoms with E-state index in [1.165, 1.54) is 43.5 Å². The number of carboxylic acids is 1. The van der Waals surface area contributed by atoms with Gasteiger partial charge in [0, 0.05) is 16.1 Å². The van der Waals surface area contributed by atoms with Crippen molar-refractivity contribution in [2.24, 2.45) is 5.10 Å². The van der Waals surface area contributed by atoms with Crippen molar-refractivity contribution in [3.63, 3.8) is 0 Å². The van der Waals surface area contributed by atoms with Gasteiger partial charge in [-0.15, -0.1) is 0 Å². The topological polar surface area (TPSA) is 93.8 Å². The summed E-state index contributed by atoms with van der Waals surface area (Å²) in [5.41, 5.74) is -1.05. The number of halogens is 5. The van der Waals surface area contributed by atoms with Crippen molar-refractivity contribution < 1.29 is 27.8 Å². The largest absolute Gasteiger partial charge is 0.479 e. The third-order valence-corrected chi connectivity index (χ3v) is 6.00. The number of carbonyl (C=O) groups is 1. The molecule has 3 aromatic carbocycles. The first kappa shape index (κ1) is 26.4. The van der Waals surface area contributed by atoms with Gasteiger partial charge in [0.05, 0.1) is 27.2 Å². The number of nitrogens with zero attached hydrogens (tertiary/aromatic N) is 3. The number of aliphatic carboxylic acids is 1. The van der Waals surface area contributed by atoms with Gasteiger partial charge in [-0.3, -0.25) is 4.79 Å². The summed E-state index contributed by atoms with van der Waals surface area (Å²) in [5, 5.41) is 13.9. The van der Waals surface area contributed by atoms with Gasteiger partial charge in [0.25, 0.3) is 5.56 Å². The minimum atomic E-state index is -4.61. The second-order valence-electron chi connectivity index (χ2n) is 7.80. The highest BCUT2D eigenvalue weighted by Crippen LogP contribution is 2.34. The monoisotopic (exact) mass is 593 g/mol. The van der Waals surface area contributed by atoms with Crippen molar-refractivity contribution >= 4 is 50.6 Å². The van der Waals surface area contributed by atoms with Gasteiger partial charge in [0.15, 0.2) is 11.9 Å². The molecule has 0 fully saturated rings. The SMILES string of the molecule is C[C@@H](Oc1c(Br)cc(Cl)cc1C=Nn1c(-c2cccc(C(F)(F)F)c2)nc2ccccc2c1=O)C(=O)O. The van der Waals surface area contributed by atoms with Crippen LogP contribution < -0.4 is 10.3 Å². The molecule has 0 aliphatic heterocycles. The van der Waals surface area contributed by atoms with E-state index in [4.69, 9.17) is 16.3 Å². The molecule has 0 bridgehead atoms. The van der Waals surface area contributed by atoms with Crippen LogP contribution in [0, 0.1) is 0 Å². The van der Waals surface area contributed by atoms with Crippen LogP contribution in [0.15, 0.2) is 75.0 Å². The van der Waals surface area contributed by atoms with Crippen molar-refractivity contribution in [3.05, 3.63) is 91.6 Å². The highest BCUT2D eigenvalue weighted by atomic mass is 79.9. The highest BCUT2D eigenvalue weighted by molar-refractivity contribution is 9.10. The van der Waals surface area contributed by atoms with Gasteiger partial charge in [-0.2, -0.15) is 22.9 Å². The summed E-state index contributed by atoms with van der Waals surface area (Å²) in [6, 6.07) is 13.7. The maximum absolute atomic E-state index is 13.4. The summed E-state index contributed by atoms with van der Waals surface area (Å²) in [6.07, 6.45) is -4.65. The van der Waals surface area contributed by atoms with Crippen LogP contribution in [0.2, 0.25) is 5.02 Å². The summed E-state index contributed by atoms with van der Waals surface area (Å²) in [4.78, 5) is 29.1. The number of benzene rings is 3. The van der Waals surface area contributed by atoms with Crippen molar-refractivity contribution in [2.75, 3.05) is 0 Å². The first-order valence-corrected chi connectivity index (χ1v) is 11.7. The number of carboxylic acid groups (broad SMARTS) is 1. The zero-order chi connectivity index (χ0) is 26.9. The van der Waals surface area contributed by atoms with E-state index >= 15 is 0 Å². The summed E-state index contributed by atoms with van der Waals surface area (Å²) in [7, 11) is 0. The fraction of sp³-hybridized carbons (Fsp3) is 0.120. The van der Waals surface area contributed by atoms with Crippen LogP contribution in [0.1, 0.15) is 18.1 Å². The lowest BCUT2D eigenvalue weighted by Gasteiger charge is -2.15. The van der Waals surface area contributed by atoms with Gasteiger partial charge in [-0.25, -0.2) is 9.78 Å². The Morgan fingerprint density at radius 1 is 1.19 bits per heavy atom. The zero-order valence-electron chi connectivity index (χ0n) is 18.8. The number of para-hydroxylation sites is 1. The molecule has 0 spiro atoms. The smallest absolute Gasteiger partial charge is 0.416 e. The number of fused-ring (bicyclic) bond motifs is 1. The molecule has 0 saturated heterocycles. The van der Waals surface area contributed by atoms with Crippen LogP contribution in [-0.4, -0.2) is 33.1 Å². The third-order valence-electron chi connectivity index (χ3n) is 5.19. The van der Waals surface area contributed by atoms with Gasteiger partial charge in [-0.1, -0.05) is 35.9 Å². The predicted octanol–water partition coefficient (Wildman–Crippen LogP) is 6.23. The summed E-state index contributed by atoms with van der Waals surface area (Å²) >= 11 is 9.42. The fourth-order valence-corrected chi connectivity index (χ4v) is 4.33. The van der Waals surface area contributed by atoms with E-state index in [0.717, 1.165) is 16.8 Å². The molecule has 0 saturated carbocycles. The molecule has 1 atom stereocenters. The molecular formula is C25H16BrClF3N3O4. The van der Waals surface area contributed by atoms with E-state index < -0.39 is 29.4 Å². The molecule has 37 heavy (non-hydrogen) atoms. The minimum Gasteiger partial charge on any atom is -0.479 e. The van der Waals surface area contributed by atoms with Crippen molar-refractivity contribution in [3.8, 4) is 17.1 Å². The minimum absolute atomic E-state index is 0.0121. The maximum atomic E-state index is 13.4. The van der Waals surface area contributed by atoms with Crippen LogP contribution in [0.25, 0.3) is 22.3 Å². The lowest BCUT2D eigenvalue weighted by molar-refractivity contribution is -0.144. The number of hydrogen-bond acceptors (Lipinski definition) is 5. The lowest BCUT2D eigenvalue weighted by atomic mass is 10.1. The van der Waals surface area contributed by atoms with Gasteiger partial charge < -0.3 is 9.84 Å². The Hall–Kier alpha value is -3.70. The molecule has 0 aliphatic carbocycles. The molecule has 190 valence electrons. The van der Waals surface area contributed by atoms with Crippen LogP contribution in [0.3, 0.4) is 0 Å². The average Bonchev–Trinajstić information content (AvgIpc) is 2.84. The van der Waals surface area contributed by atoms with E-state index in [2.05, 4.69) is 26.0 Å². The average molecular weight is 595 g/mol.